The number of phosphoric ester groups is 2. The molecule has 5 aromatic carbocycles. The number of nitrogens with zero attached hydrogens (tertiary/aromatic N) is 3. The van der Waals surface area contributed by atoms with E-state index in [1.165, 1.54) is 58.4 Å². The number of imide groups is 1. The van der Waals surface area contributed by atoms with E-state index in [1.807, 2.05) is 0 Å². The first kappa shape index (κ1) is 59.6. The molecule has 9 rings (SSSR count). The van der Waals surface area contributed by atoms with Crippen LogP contribution in [0.2, 0.25) is 0 Å². The summed E-state index contributed by atoms with van der Waals surface area (Å²) >= 11 is 6.43. The Bertz CT molecular complexity index is 3650. The van der Waals surface area contributed by atoms with Gasteiger partial charge in [0, 0.05) is 104 Å². The fourth-order valence-electron chi connectivity index (χ4n) is 10.7. The number of carbonyl (C=O) groups is 8. The largest absolute Gasteiger partial charge is 0.524 e. The van der Waals surface area contributed by atoms with E-state index in [0.29, 0.717) is 94.6 Å². The number of nitrogens with one attached hydrogen (secondary N) is 4. The van der Waals surface area contributed by atoms with Crippen molar-refractivity contribution in [2.24, 2.45) is 5.41 Å². The third-order valence-corrected chi connectivity index (χ3v) is 16.1. The Hall–Kier alpha value is -8.01. The van der Waals surface area contributed by atoms with Crippen LogP contribution < -0.4 is 40.1 Å². The SMILES string of the molecule is O=C(CNC(=O)C1(C(=O)NCCCCCN2C(=O)C=CC2=O)CCC1)NCCC(=O)Nc1cc(/C=C/C(=O)N2C[C@@H](CCl)c3c2cc(OP(=O)(O)O)c2ccccc32)ccc1/C=C/C(=O)N1CCc2c1cc(OP(=O)(O)O)c1ccccc21. The molecule has 3 aliphatic heterocycles. The zero-order valence-corrected chi connectivity index (χ0v) is 47.0. The zero-order valence-electron chi connectivity index (χ0n) is 44.5. The molecule has 23 nitrogen and oxygen atoms in total. The van der Waals surface area contributed by atoms with E-state index >= 15 is 0 Å². The van der Waals surface area contributed by atoms with Gasteiger partial charge in [-0.3, -0.25) is 62.8 Å². The molecule has 8 N–H and O–H groups in total. The molecule has 1 fully saturated rings. The number of hydrogen-bond donors (Lipinski definition) is 8. The second-order valence-electron chi connectivity index (χ2n) is 20.2. The molecule has 0 aromatic heterocycles. The third-order valence-electron chi connectivity index (χ3n) is 14.8. The van der Waals surface area contributed by atoms with Crippen molar-refractivity contribution in [3.05, 3.63) is 125 Å². The molecule has 5 aromatic rings. The van der Waals surface area contributed by atoms with Gasteiger partial charge in [0.2, 0.25) is 23.6 Å². The highest BCUT2D eigenvalue weighted by molar-refractivity contribution is 7.47. The van der Waals surface area contributed by atoms with Gasteiger partial charge in [0.15, 0.2) is 0 Å². The molecule has 1 saturated carbocycles. The number of alkyl halides is 1. The lowest BCUT2D eigenvalue weighted by Crippen LogP contribution is -2.56. The van der Waals surface area contributed by atoms with Gasteiger partial charge in [-0.15, -0.1) is 11.6 Å². The van der Waals surface area contributed by atoms with Crippen molar-refractivity contribution < 1.29 is 76.1 Å². The molecule has 0 bridgehead atoms. The second-order valence-corrected chi connectivity index (χ2v) is 22.9. The van der Waals surface area contributed by atoms with Crippen LogP contribution in [0.4, 0.5) is 17.1 Å². The average Bonchev–Trinajstić information content (AvgIpc) is 2.36. The Morgan fingerprint density at radius 3 is 1.95 bits per heavy atom. The fraction of sp³-hybridized carbons (Fsp3) is 0.298. The number of hydrogen-bond acceptors (Lipinski definition) is 12. The van der Waals surface area contributed by atoms with Crippen LogP contribution in [0.25, 0.3) is 33.7 Å². The minimum Gasteiger partial charge on any atom is -0.404 e. The fourth-order valence-corrected chi connectivity index (χ4v) is 11.7. The predicted molar refractivity (Wildman–Crippen MR) is 308 cm³/mol. The van der Waals surface area contributed by atoms with E-state index < -0.39 is 63.0 Å². The molecule has 1 aliphatic carbocycles. The van der Waals surface area contributed by atoms with Crippen molar-refractivity contribution in [2.45, 2.75) is 57.3 Å². The van der Waals surface area contributed by atoms with E-state index in [-0.39, 0.29) is 79.9 Å². The number of unbranched alkanes of at least 4 members (excludes halogenated alkanes) is 2. The summed E-state index contributed by atoms with van der Waals surface area (Å²) in [6.45, 7) is 0.255. The molecule has 8 amide bonds. The molecule has 83 heavy (non-hydrogen) atoms. The molecule has 1 atom stereocenters. The van der Waals surface area contributed by atoms with Crippen molar-refractivity contribution in [1.29, 1.82) is 0 Å². The standard InChI is InChI=1S/C57H58ClN7O16P2/c58-32-37-34-65(45-31-47(81-83(77,78)79)41-11-4-5-12-42(41)54(37)45)53(71)17-14-35-13-15-36(16-18-50(68)63-28-22-39-38-9-2-3-10-40(38)46(30-44(39)63)80-82(74,75)76)43(29-35)62-48(66)21-26-59-49(67)33-61-56(73)57(23-8-24-57)55(72)60-25-6-1-7-27-64-51(69)19-20-52(64)70/h2-5,9-20,29-31,37H,1,6-8,21-28,32-34H2,(H,59,67)(H,60,72)(H,61,73)(H,62,66)(H2,74,75,76)(H2,77,78,79)/b17-14+,18-16+/t37-/m1/s1. The van der Waals surface area contributed by atoms with Gasteiger partial charge in [-0.25, -0.2) is 9.13 Å². The maximum atomic E-state index is 14.1. The number of benzene rings is 5. The Morgan fingerprint density at radius 2 is 1.30 bits per heavy atom. The van der Waals surface area contributed by atoms with Gasteiger partial charge in [-0.2, -0.15) is 0 Å². The van der Waals surface area contributed by atoms with Gasteiger partial charge in [-0.05, 0) is 89.8 Å². The predicted octanol–water partition coefficient (Wildman–Crippen LogP) is 5.86. The van der Waals surface area contributed by atoms with Crippen molar-refractivity contribution >= 4 is 125 Å². The van der Waals surface area contributed by atoms with Crippen LogP contribution in [0, 0.1) is 5.41 Å². The van der Waals surface area contributed by atoms with Crippen LogP contribution in [0.5, 0.6) is 11.5 Å². The van der Waals surface area contributed by atoms with E-state index in [2.05, 4.69) is 21.3 Å². The number of amides is 8. The van der Waals surface area contributed by atoms with Gasteiger partial charge in [-0.1, -0.05) is 67.1 Å². The number of halogens is 1. The highest BCUT2D eigenvalue weighted by atomic mass is 35.5. The molecule has 0 unspecified atom stereocenters. The highest BCUT2D eigenvalue weighted by Gasteiger charge is 2.50. The summed E-state index contributed by atoms with van der Waals surface area (Å²) in [6, 6.07) is 21.3. The molecule has 3 heterocycles. The molecule has 26 heteroatoms. The van der Waals surface area contributed by atoms with Crippen molar-refractivity contribution in [2.75, 3.05) is 60.3 Å². The van der Waals surface area contributed by atoms with Crippen LogP contribution in [0.3, 0.4) is 0 Å². The summed E-state index contributed by atoms with van der Waals surface area (Å²) in [6.07, 6.45) is 11.0. The van der Waals surface area contributed by atoms with Crippen LogP contribution in [-0.2, 0) is 53.9 Å². The van der Waals surface area contributed by atoms with Crippen molar-refractivity contribution in [3.63, 3.8) is 0 Å². The Morgan fingerprint density at radius 1 is 0.687 bits per heavy atom. The molecule has 0 spiro atoms. The van der Waals surface area contributed by atoms with Gasteiger partial charge in [0.05, 0.1) is 17.9 Å². The number of phosphoric acid groups is 2. The third kappa shape index (κ3) is 13.8. The molecule has 4 aliphatic rings. The summed E-state index contributed by atoms with van der Waals surface area (Å²) in [7, 11) is -10.0. The Kier molecular flexibility index (Phi) is 18.1. The highest BCUT2D eigenvalue weighted by Crippen LogP contribution is 2.50. The molecule has 0 radical (unpaired) electrons. The molecule has 0 saturated heterocycles. The summed E-state index contributed by atoms with van der Waals surface area (Å²) < 4.78 is 34.1. The summed E-state index contributed by atoms with van der Waals surface area (Å²) in [4.78, 5) is 148. The quantitative estimate of drug-likeness (QED) is 0.00948. The lowest BCUT2D eigenvalue weighted by Gasteiger charge is -2.38. The summed E-state index contributed by atoms with van der Waals surface area (Å²) in [5.41, 5.74) is 1.80. The van der Waals surface area contributed by atoms with Crippen LogP contribution in [-0.4, -0.2) is 117 Å². The lowest BCUT2D eigenvalue weighted by molar-refractivity contribution is -0.150. The zero-order chi connectivity index (χ0) is 59.2. The van der Waals surface area contributed by atoms with Crippen LogP contribution >= 0.6 is 27.2 Å². The normalized spacial score (nSPS) is 16.3. The van der Waals surface area contributed by atoms with Gasteiger partial charge in [0.25, 0.3) is 23.6 Å². The molecular formula is C57H58ClN7O16P2. The van der Waals surface area contributed by atoms with E-state index in [0.717, 1.165) is 10.5 Å². The first-order chi connectivity index (χ1) is 39.6. The number of carbonyl (C=O) groups excluding carboxylic acids is 8. The Labute approximate surface area is 480 Å². The number of fused-ring (bicyclic) bond motifs is 6. The van der Waals surface area contributed by atoms with Gasteiger partial charge >= 0.3 is 15.6 Å². The number of anilines is 3. The maximum absolute atomic E-state index is 14.1. The summed E-state index contributed by atoms with van der Waals surface area (Å²) in [5.74, 6) is -4.49. The topological polar surface area (TPSA) is 328 Å². The van der Waals surface area contributed by atoms with Crippen LogP contribution in [0.15, 0.2) is 103 Å². The monoisotopic (exact) mass is 1190 g/mol. The number of rotatable bonds is 23. The van der Waals surface area contributed by atoms with Crippen molar-refractivity contribution in [1.82, 2.24) is 20.9 Å². The van der Waals surface area contributed by atoms with E-state index in [4.69, 9.17) is 20.6 Å². The lowest BCUT2D eigenvalue weighted by atomic mass is 9.67. The molecular weight excluding hydrogens is 1140 g/mol. The average molecular weight is 1190 g/mol. The first-order valence-electron chi connectivity index (χ1n) is 26.6. The smallest absolute Gasteiger partial charge is 0.404 e. The van der Waals surface area contributed by atoms with Gasteiger partial charge in [0.1, 0.15) is 16.9 Å². The van der Waals surface area contributed by atoms with E-state index in [9.17, 15) is 67.1 Å². The van der Waals surface area contributed by atoms with E-state index in [1.54, 1.807) is 66.7 Å². The van der Waals surface area contributed by atoms with Crippen LogP contribution in [0.1, 0.15) is 73.1 Å². The second kappa shape index (κ2) is 25.2. The summed E-state index contributed by atoms with van der Waals surface area (Å²) in [5, 5.41) is 12.9. The van der Waals surface area contributed by atoms with Crippen molar-refractivity contribution in [3.8, 4) is 11.5 Å². The van der Waals surface area contributed by atoms with Gasteiger partial charge < -0.3 is 40.1 Å². The Balaban J connectivity index is 0.868. The minimum atomic E-state index is -5.02. The first-order valence-corrected chi connectivity index (χ1v) is 30.2. The minimum absolute atomic E-state index is 0.111. The maximum Gasteiger partial charge on any atom is 0.524 e. The molecule has 434 valence electrons.